The third-order valence-electron chi connectivity index (χ3n) is 3.85. The van der Waals surface area contributed by atoms with Crippen molar-refractivity contribution in [1.29, 1.82) is 0 Å². The molecule has 5 heteroatoms. The maximum absolute atomic E-state index is 13.1. The normalized spacial score (nSPS) is 16.8. The van der Waals surface area contributed by atoms with E-state index in [9.17, 15) is 13.2 Å². The van der Waals surface area contributed by atoms with E-state index in [0.29, 0.717) is 5.69 Å². The highest BCUT2D eigenvalue weighted by Crippen LogP contribution is 2.39. The summed E-state index contributed by atoms with van der Waals surface area (Å²) in [5, 5.41) is 4.25. The molecule has 2 aromatic rings. The zero-order chi connectivity index (χ0) is 14.2. The smallest absolute Gasteiger partial charge is 0.262 e. The Morgan fingerprint density at radius 1 is 1.05 bits per heavy atom. The van der Waals surface area contributed by atoms with E-state index >= 15 is 0 Å². The molecule has 0 amide bonds. The van der Waals surface area contributed by atoms with Gasteiger partial charge in [-0.05, 0) is 25.0 Å². The summed E-state index contributed by atoms with van der Waals surface area (Å²) in [6, 6.07) is 7.59. The van der Waals surface area contributed by atoms with Crippen molar-refractivity contribution in [2.24, 2.45) is 0 Å². The minimum absolute atomic E-state index is 0.212. The molecule has 1 aliphatic rings. The highest BCUT2D eigenvalue weighted by Gasteiger charge is 2.34. The van der Waals surface area contributed by atoms with Crippen LogP contribution >= 0.6 is 0 Å². The Hall–Kier alpha value is -1.78. The molecule has 1 heterocycles. The minimum atomic E-state index is -4.35. The van der Waals surface area contributed by atoms with Crippen LogP contribution < -0.4 is 0 Å². The zero-order valence-corrected chi connectivity index (χ0v) is 10.9. The van der Waals surface area contributed by atoms with Gasteiger partial charge in [0.25, 0.3) is 0 Å². The predicted octanol–water partition coefficient (Wildman–Crippen LogP) is 4.68. The molecular formula is C15H15F3N2. The van der Waals surface area contributed by atoms with Gasteiger partial charge in [-0.25, -0.2) is 0 Å². The highest BCUT2D eigenvalue weighted by molar-refractivity contribution is 5.64. The highest BCUT2D eigenvalue weighted by atomic mass is 19.4. The number of halogens is 3. The van der Waals surface area contributed by atoms with Gasteiger partial charge in [-0.2, -0.15) is 18.3 Å². The summed E-state index contributed by atoms with van der Waals surface area (Å²) in [6.07, 6.45) is 1.45. The van der Waals surface area contributed by atoms with Crippen LogP contribution in [-0.4, -0.2) is 9.78 Å². The maximum Gasteiger partial charge on any atom is 0.417 e. The first-order valence-corrected chi connectivity index (χ1v) is 6.77. The van der Waals surface area contributed by atoms with Gasteiger partial charge in [0.15, 0.2) is 0 Å². The Balaban J connectivity index is 2.08. The topological polar surface area (TPSA) is 17.8 Å². The summed E-state index contributed by atoms with van der Waals surface area (Å²) < 4.78 is 41.1. The molecule has 1 aliphatic carbocycles. The molecule has 2 nitrogen and oxygen atoms in total. The number of hydrogen-bond acceptors (Lipinski definition) is 1. The molecule has 1 fully saturated rings. The Morgan fingerprint density at radius 3 is 2.45 bits per heavy atom. The lowest BCUT2D eigenvalue weighted by atomic mass is 10.0. The standard InChI is InChI=1S/C15H15F3N2/c16-15(17,18)13-8-4-3-7-12(13)14-9-10-19-20(14)11-5-1-2-6-11/h3-4,7-11H,1-2,5-6H2. The monoisotopic (exact) mass is 280 g/mol. The van der Waals surface area contributed by atoms with E-state index < -0.39 is 11.7 Å². The fourth-order valence-corrected chi connectivity index (χ4v) is 2.92. The Morgan fingerprint density at radius 2 is 1.75 bits per heavy atom. The van der Waals surface area contributed by atoms with E-state index in [4.69, 9.17) is 0 Å². The van der Waals surface area contributed by atoms with Crippen LogP contribution in [0.5, 0.6) is 0 Å². The number of nitrogens with zero attached hydrogens (tertiary/aromatic N) is 2. The lowest BCUT2D eigenvalue weighted by molar-refractivity contribution is -0.137. The fourth-order valence-electron chi connectivity index (χ4n) is 2.92. The number of hydrogen-bond donors (Lipinski definition) is 0. The summed E-state index contributed by atoms with van der Waals surface area (Å²) in [7, 11) is 0. The average Bonchev–Trinajstić information content (AvgIpc) is 3.08. The molecular weight excluding hydrogens is 265 g/mol. The first-order valence-electron chi connectivity index (χ1n) is 6.77. The minimum Gasteiger partial charge on any atom is -0.262 e. The lowest BCUT2D eigenvalue weighted by Crippen LogP contribution is -2.12. The van der Waals surface area contributed by atoms with Gasteiger partial charge in [0, 0.05) is 11.8 Å². The second-order valence-corrected chi connectivity index (χ2v) is 5.14. The second kappa shape index (κ2) is 4.96. The fraction of sp³-hybridized carbons (Fsp3) is 0.400. The van der Waals surface area contributed by atoms with Crippen LogP contribution in [0.25, 0.3) is 11.3 Å². The van der Waals surface area contributed by atoms with Crippen molar-refractivity contribution >= 4 is 0 Å². The van der Waals surface area contributed by atoms with E-state index in [1.54, 1.807) is 23.0 Å². The van der Waals surface area contributed by atoms with Crippen molar-refractivity contribution in [3.05, 3.63) is 42.1 Å². The van der Waals surface area contributed by atoms with Crippen molar-refractivity contribution in [1.82, 2.24) is 9.78 Å². The summed E-state index contributed by atoms with van der Waals surface area (Å²) in [6.45, 7) is 0. The van der Waals surface area contributed by atoms with Crippen molar-refractivity contribution in [2.45, 2.75) is 37.9 Å². The van der Waals surface area contributed by atoms with Crippen molar-refractivity contribution in [3.63, 3.8) is 0 Å². The molecule has 3 rings (SSSR count). The number of benzene rings is 1. The third-order valence-corrected chi connectivity index (χ3v) is 3.85. The Labute approximate surface area is 115 Å². The van der Waals surface area contributed by atoms with E-state index in [2.05, 4.69) is 5.10 Å². The van der Waals surface area contributed by atoms with Crippen LogP contribution in [-0.2, 0) is 6.18 Å². The number of alkyl halides is 3. The molecule has 0 bridgehead atoms. The summed E-state index contributed by atoms with van der Waals surface area (Å²) in [5.41, 5.74) is 0.175. The number of rotatable bonds is 2. The molecule has 106 valence electrons. The van der Waals surface area contributed by atoms with Crippen LogP contribution in [0.1, 0.15) is 37.3 Å². The quantitative estimate of drug-likeness (QED) is 0.780. The summed E-state index contributed by atoms with van der Waals surface area (Å²) in [5.74, 6) is 0. The molecule has 0 atom stereocenters. The van der Waals surface area contributed by atoms with Gasteiger partial charge < -0.3 is 0 Å². The van der Waals surface area contributed by atoms with Crippen LogP contribution in [0.2, 0.25) is 0 Å². The van der Waals surface area contributed by atoms with Gasteiger partial charge in [-0.1, -0.05) is 31.0 Å². The first-order chi connectivity index (χ1) is 9.57. The molecule has 0 unspecified atom stereocenters. The third kappa shape index (κ3) is 2.32. The summed E-state index contributed by atoms with van der Waals surface area (Å²) in [4.78, 5) is 0. The van der Waals surface area contributed by atoms with Gasteiger partial charge >= 0.3 is 6.18 Å². The SMILES string of the molecule is FC(F)(F)c1ccccc1-c1ccnn1C1CCCC1. The van der Waals surface area contributed by atoms with E-state index in [-0.39, 0.29) is 11.6 Å². The molecule has 20 heavy (non-hydrogen) atoms. The van der Waals surface area contributed by atoms with E-state index in [1.165, 1.54) is 12.1 Å². The van der Waals surface area contributed by atoms with Gasteiger partial charge in [0.2, 0.25) is 0 Å². The molecule has 0 spiro atoms. The van der Waals surface area contributed by atoms with Crippen molar-refractivity contribution in [2.75, 3.05) is 0 Å². The van der Waals surface area contributed by atoms with Crippen LogP contribution in [0, 0.1) is 0 Å². The maximum atomic E-state index is 13.1. The van der Waals surface area contributed by atoms with Crippen LogP contribution in [0.4, 0.5) is 13.2 Å². The molecule has 0 N–H and O–H groups in total. The molecule has 1 aromatic heterocycles. The van der Waals surface area contributed by atoms with E-state index in [0.717, 1.165) is 31.7 Å². The first kappa shape index (κ1) is 13.2. The largest absolute Gasteiger partial charge is 0.417 e. The molecule has 0 radical (unpaired) electrons. The molecule has 0 saturated heterocycles. The second-order valence-electron chi connectivity index (χ2n) is 5.14. The molecule has 0 aliphatic heterocycles. The van der Waals surface area contributed by atoms with Crippen LogP contribution in [0.15, 0.2) is 36.5 Å². The van der Waals surface area contributed by atoms with Crippen LogP contribution in [0.3, 0.4) is 0 Å². The van der Waals surface area contributed by atoms with Gasteiger partial charge in [0.1, 0.15) is 0 Å². The zero-order valence-electron chi connectivity index (χ0n) is 10.9. The van der Waals surface area contributed by atoms with Crippen molar-refractivity contribution in [3.8, 4) is 11.3 Å². The van der Waals surface area contributed by atoms with E-state index in [1.807, 2.05) is 0 Å². The Kier molecular flexibility index (Phi) is 3.28. The lowest BCUT2D eigenvalue weighted by Gasteiger charge is -2.17. The van der Waals surface area contributed by atoms with Crippen molar-refractivity contribution < 1.29 is 13.2 Å². The predicted molar refractivity (Wildman–Crippen MR) is 70.2 cm³/mol. The van der Waals surface area contributed by atoms with Gasteiger partial charge in [0.05, 0.1) is 17.3 Å². The average molecular weight is 280 g/mol. The van der Waals surface area contributed by atoms with Gasteiger partial charge in [-0.3, -0.25) is 4.68 Å². The summed E-state index contributed by atoms with van der Waals surface area (Å²) >= 11 is 0. The molecule has 1 aromatic carbocycles. The number of aromatic nitrogens is 2. The Bertz CT molecular complexity index is 595. The van der Waals surface area contributed by atoms with Gasteiger partial charge in [-0.15, -0.1) is 0 Å². The molecule has 1 saturated carbocycles.